The number of halogens is 4. The number of rotatable bonds is 7. The number of amides is 2. The normalized spacial score (nSPS) is 19.0. The molecule has 1 unspecified atom stereocenters. The minimum Gasteiger partial charge on any atom is -0.384 e. The van der Waals surface area contributed by atoms with E-state index in [9.17, 15) is 22.8 Å². The van der Waals surface area contributed by atoms with Gasteiger partial charge in [-0.2, -0.15) is 18.2 Å². The number of nitrogens with zero attached hydrogens (tertiary/aromatic N) is 3. The third-order valence-corrected chi connectivity index (χ3v) is 6.87. The first kappa shape index (κ1) is 29.8. The van der Waals surface area contributed by atoms with E-state index in [0.717, 1.165) is 55.7 Å². The molecule has 0 radical (unpaired) electrons. The standard InChI is InChI=1S/C30H29ClF3N5O2/c31-19-20-6-4-7-21(16-20)28(40)37-26-11-10-24(39-14-2-1-3-15-39)18-25(26)29(41)38-27(35)12-13-36-23-9-5-8-22(17-23)30(32,33)34/h4-13,16-18,25,36H,1-3,14-15,19H2,(H2,35,38,41). The molecule has 2 aliphatic rings. The molecule has 1 aliphatic heterocycles. The summed E-state index contributed by atoms with van der Waals surface area (Å²) >= 11 is 5.90. The third-order valence-electron chi connectivity index (χ3n) is 6.56. The lowest BCUT2D eigenvalue weighted by Gasteiger charge is -2.31. The Bertz CT molecular complexity index is 1440. The predicted octanol–water partition coefficient (Wildman–Crippen LogP) is 6.09. The first-order chi connectivity index (χ1) is 19.6. The van der Waals surface area contributed by atoms with Crippen molar-refractivity contribution in [2.45, 2.75) is 31.3 Å². The zero-order valence-electron chi connectivity index (χ0n) is 22.1. The molecule has 11 heteroatoms. The fourth-order valence-electron chi connectivity index (χ4n) is 4.47. The largest absolute Gasteiger partial charge is 0.416 e. The van der Waals surface area contributed by atoms with Gasteiger partial charge in [-0.3, -0.25) is 9.59 Å². The van der Waals surface area contributed by atoms with Crippen molar-refractivity contribution in [2.75, 3.05) is 18.4 Å². The number of benzene rings is 2. The van der Waals surface area contributed by atoms with E-state index in [2.05, 4.69) is 20.2 Å². The van der Waals surface area contributed by atoms with Gasteiger partial charge >= 0.3 is 6.18 Å². The SMILES string of the molecule is NC(C=CNc1cccc(C(F)(F)F)c1)=NC(=O)C1C=C(N2CCCCC2)C=CC1=NC(=O)c1cccc(CCl)c1. The molecule has 0 spiro atoms. The van der Waals surface area contributed by atoms with E-state index in [1.807, 2.05) is 6.08 Å². The number of amidine groups is 1. The molecule has 1 atom stereocenters. The van der Waals surface area contributed by atoms with Crippen molar-refractivity contribution in [3.8, 4) is 0 Å². The maximum atomic E-state index is 13.3. The Kier molecular flexibility index (Phi) is 9.78. The van der Waals surface area contributed by atoms with Gasteiger partial charge < -0.3 is 16.0 Å². The Labute approximate surface area is 241 Å². The zero-order valence-corrected chi connectivity index (χ0v) is 22.8. The van der Waals surface area contributed by atoms with Crippen LogP contribution in [-0.4, -0.2) is 41.4 Å². The predicted molar refractivity (Wildman–Crippen MR) is 155 cm³/mol. The number of anilines is 1. The van der Waals surface area contributed by atoms with Crippen molar-refractivity contribution in [2.24, 2.45) is 21.6 Å². The van der Waals surface area contributed by atoms with Gasteiger partial charge in [0.25, 0.3) is 11.8 Å². The maximum absolute atomic E-state index is 13.3. The van der Waals surface area contributed by atoms with Gasteiger partial charge in [0.05, 0.1) is 11.3 Å². The fourth-order valence-corrected chi connectivity index (χ4v) is 4.63. The Hall–Kier alpha value is -4.18. The summed E-state index contributed by atoms with van der Waals surface area (Å²) in [5, 5.41) is 2.69. The van der Waals surface area contributed by atoms with Gasteiger partial charge in [-0.25, -0.2) is 4.99 Å². The van der Waals surface area contributed by atoms with Crippen LogP contribution in [0.2, 0.25) is 0 Å². The number of hydrogen-bond acceptors (Lipinski definition) is 4. The van der Waals surface area contributed by atoms with Gasteiger partial charge in [-0.15, -0.1) is 11.6 Å². The van der Waals surface area contributed by atoms with Gasteiger partial charge in [0.1, 0.15) is 11.8 Å². The molecule has 1 fully saturated rings. The maximum Gasteiger partial charge on any atom is 0.416 e. The summed E-state index contributed by atoms with van der Waals surface area (Å²) in [4.78, 5) is 36.6. The van der Waals surface area contributed by atoms with Crippen LogP contribution >= 0.6 is 11.6 Å². The molecule has 0 saturated carbocycles. The third kappa shape index (κ3) is 8.17. The molecule has 2 amide bonds. The Balaban J connectivity index is 1.55. The molecule has 1 saturated heterocycles. The van der Waals surface area contributed by atoms with Gasteiger partial charge in [0.15, 0.2) is 0 Å². The highest BCUT2D eigenvalue weighted by Gasteiger charge is 2.30. The monoisotopic (exact) mass is 583 g/mol. The van der Waals surface area contributed by atoms with Crippen LogP contribution in [0.1, 0.15) is 40.7 Å². The lowest BCUT2D eigenvalue weighted by Crippen LogP contribution is -2.32. The molecule has 4 rings (SSSR count). The number of nitrogens with two attached hydrogens (primary N) is 1. The first-order valence-electron chi connectivity index (χ1n) is 13.0. The number of nitrogens with one attached hydrogen (secondary N) is 1. The van der Waals surface area contributed by atoms with Crippen LogP contribution in [0.3, 0.4) is 0 Å². The Morgan fingerprint density at radius 2 is 1.83 bits per heavy atom. The fraction of sp³-hybridized carbons (Fsp3) is 0.267. The van der Waals surface area contributed by atoms with Crippen LogP contribution in [0.15, 0.2) is 94.7 Å². The number of alkyl halides is 4. The molecule has 0 aromatic heterocycles. The smallest absolute Gasteiger partial charge is 0.384 e. The van der Waals surface area contributed by atoms with Crippen LogP contribution in [0.5, 0.6) is 0 Å². The van der Waals surface area contributed by atoms with Crippen molar-refractivity contribution < 1.29 is 22.8 Å². The van der Waals surface area contributed by atoms with Crippen LogP contribution in [-0.2, 0) is 16.9 Å². The summed E-state index contributed by atoms with van der Waals surface area (Å²) < 4.78 is 38.9. The van der Waals surface area contributed by atoms with Crippen LogP contribution < -0.4 is 11.1 Å². The summed E-state index contributed by atoms with van der Waals surface area (Å²) in [5.74, 6) is -2.04. The van der Waals surface area contributed by atoms with Gasteiger partial charge in [0, 0.05) is 42.1 Å². The van der Waals surface area contributed by atoms with E-state index in [1.54, 1.807) is 36.4 Å². The zero-order chi connectivity index (χ0) is 29.4. The Morgan fingerprint density at radius 1 is 1.07 bits per heavy atom. The van der Waals surface area contributed by atoms with Gasteiger partial charge in [0.2, 0.25) is 0 Å². The number of likely N-dealkylation sites (tertiary alicyclic amines) is 1. The summed E-state index contributed by atoms with van der Waals surface area (Å²) in [7, 11) is 0. The quantitative estimate of drug-likeness (QED) is 0.233. The average Bonchev–Trinajstić information content (AvgIpc) is 2.97. The van der Waals surface area contributed by atoms with Crippen LogP contribution in [0.4, 0.5) is 18.9 Å². The molecule has 214 valence electrons. The van der Waals surface area contributed by atoms with E-state index in [1.165, 1.54) is 24.4 Å². The van der Waals surface area contributed by atoms with Crippen molar-refractivity contribution in [3.05, 3.63) is 101 Å². The van der Waals surface area contributed by atoms with E-state index in [0.29, 0.717) is 5.56 Å². The second kappa shape index (κ2) is 13.5. The molecule has 2 aromatic carbocycles. The van der Waals surface area contributed by atoms with Crippen LogP contribution in [0.25, 0.3) is 0 Å². The minimum atomic E-state index is -4.48. The summed E-state index contributed by atoms with van der Waals surface area (Å²) in [6.45, 7) is 1.70. The topological polar surface area (TPSA) is 100 Å². The summed E-state index contributed by atoms with van der Waals surface area (Å²) in [6, 6.07) is 11.4. The highest BCUT2D eigenvalue weighted by atomic mass is 35.5. The number of carbonyl (C=O) groups is 2. The number of hydrogen-bond donors (Lipinski definition) is 2. The van der Waals surface area contributed by atoms with Crippen molar-refractivity contribution >= 4 is 40.6 Å². The molecule has 2 aromatic rings. The van der Waals surface area contributed by atoms with E-state index in [-0.39, 0.29) is 23.1 Å². The molecule has 3 N–H and O–H groups in total. The molecule has 41 heavy (non-hydrogen) atoms. The van der Waals surface area contributed by atoms with Crippen LogP contribution in [0, 0.1) is 5.92 Å². The summed E-state index contributed by atoms with van der Waals surface area (Å²) in [6.07, 6.45) is 6.51. The van der Waals surface area contributed by atoms with Crippen molar-refractivity contribution in [1.29, 1.82) is 0 Å². The lowest BCUT2D eigenvalue weighted by molar-refractivity contribution is -0.137. The van der Waals surface area contributed by atoms with Crippen molar-refractivity contribution in [1.82, 2.24) is 4.90 Å². The minimum absolute atomic E-state index is 0.169. The van der Waals surface area contributed by atoms with E-state index >= 15 is 0 Å². The van der Waals surface area contributed by atoms with E-state index in [4.69, 9.17) is 17.3 Å². The Morgan fingerprint density at radius 3 is 2.56 bits per heavy atom. The second-order valence-electron chi connectivity index (χ2n) is 9.56. The van der Waals surface area contributed by atoms with Crippen molar-refractivity contribution in [3.63, 3.8) is 0 Å². The molecular formula is C30H29ClF3N5O2. The van der Waals surface area contributed by atoms with E-state index < -0.39 is 29.5 Å². The molecule has 1 heterocycles. The first-order valence-corrected chi connectivity index (χ1v) is 13.6. The second-order valence-corrected chi connectivity index (χ2v) is 9.82. The number of piperidine rings is 1. The molecule has 1 aliphatic carbocycles. The average molecular weight is 584 g/mol. The van der Waals surface area contributed by atoms with Gasteiger partial charge in [-0.05, 0) is 79.5 Å². The molecule has 7 nitrogen and oxygen atoms in total. The number of aliphatic imine (C=N–C) groups is 2. The van der Waals surface area contributed by atoms with Gasteiger partial charge in [-0.1, -0.05) is 18.2 Å². The molecular weight excluding hydrogens is 555 g/mol. The highest BCUT2D eigenvalue weighted by Crippen LogP contribution is 2.30. The lowest BCUT2D eigenvalue weighted by atomic mass is 9.94. The highest BCUT2D eigenvalue weighted by molar-refractivity contribution is 6.19. The molecule has 0 bridgehead atoms. The summed E-state index contributed by atoms with van der Waals surface area (Å²) in [5.41, 5.74) is 7.50. The number of carbonyl (C=O) groups excluding carboxylic acids is 2. The number of allylic oxidation sites excluding steroid dienone is 2.